The second-order valence-electron chi connectivity index (χ2n) is 7.09. The number of nitrogens with two attached hydrogens (primary N) is 1. The van der Waals surface area contributed by atoms with Crippen LogP contribution < -0.4 is 10.6 Å². The fraction of sp³-hybridized carbons (Fsp3) is 0.190. The van der Waals surface area contributed by atoms with E-state index in [1.54, 1.807) is 31.1 Å². The quantitative estimate of drug-likeness (QED) is 0.470. The Morgan fingerprint density at radius 2 is 1.84 bits per heavy atom. The zero-order chi connectivity index (χ0) is 23.1. The Morgan fingerprint density at radius 3 is 2.44 bits per heavy atom. The van der Waals surface area contributed by atoms with Crippen molar-refractivity contribution in [1.82, 2.24) is 19.6 Å². The van der Waals surface area contributed by atoms with Gasteiger partial charge in [-0.1, -0.05) is 12.1 Å². The summed E-state index contributed by atoms with van der Waals surface area (Å²) in [5, 5.41) is 14.7. The number of furan rings is 1. The van der Waals surface area contributed by atoms with Crippen molar-refractivity contribution in [3.63, 3.8) is 0 Å². The Balaban J connectivity index is 1.76. The molecule has 1 atom stereocenters. The lowest BCUT2D eigenvalue weighted by atomic mass is 9.93. The highest BCUT2D eigenvalue weighted by molar-refractivity contribution is 5.64. The van der Waals surface area contributed by atoms with E-state index in [1.807, 2.05) is 5.92 Å². The summed E-state index contributed by atoms with van der Waals surface area (Å²) in [5.41, 5.74) is 2.78. The summed E-state index contributed by atoms with van der Waals surface area (Å²) in [5.74, 6) is 4.70. The van der Waals surface area contributed by atoms with Crippen LogP contribution in [0.25, 0.3) is 17.2 Å². The highest BCUT2D eigenvalue weighted by atomic mass is 19.4. The van der Waals surface area contributed by atoms with Gasteiger partial charge in [-0.15, -0.1) is 5.10 Å². The Morgan fingerprint density at radius 1 is 1.12 bits per heavy atom. The number of halogens is 3. The molecule has 0 fully saturated rings. The van der Waals surface area contributed by atoms with Crippen LogP contribution in [-0.4, -0.2) is 45.0 Å². The monoisotopic (exact) mass is 442 g/mol. The molecule has 1 unspecified atom stereocenters. The van der Waals surface area contributed by atoms with Gasteiger partial charge in [0.2, 0.25) is 11.4 Å². The minimum Gasteiger partial charge on any atom is -0.461 e. The van der Waals surface area contributed by atoms with Crippen LogP contribution in [-0.2, 0) is 5.60 Å². The van der Waals surface area contributed by atoms with Crippen molar-refractivity contribution >= 4 is 17.2 Å². The number of benzene rings is 1. The molecule has 11 heteroatoms. The minimum absolute atomic E-state index is 0.0898. The Bertz CT molecular complexity index is 1320. The standard InChI is InChI=1S/C21H17F3N6O2/c1-29(2)15-7-5-13(6-8-15)20(31,21(22,23)24)10-9-14-12-30-19(17(25)26-14)27-18(28-30)16-4-3-11-32-16/h3-8,11-12,31H,1-2H3,(H2,25,26). The summed E-state index contributed by atoms with van der Waals surface area (Å²) in [4.78, 5) is 9.90. The number of rotatable bonds is 3. The first-order valence-corrected chi connectivity index (χ1v) is 9.25. The van der Waals surface area contributed by atoms with E-state index in [1.165, 1.54) is 41.2 Å². The number of alkyl halides is 3. The van der Waals surface area contributed by atoms with Gasteiger partial charge in [-0.05, 0) is 36.1 Å². The summed E-state index contributed by atoms with van der Waals surface area (Å²) in [6.45, 7) is 0. The molecule has 3 N–H and O–H groups in total. The number of hydrogen-bond acceptors (Lipinski definition) is 7. The fourth-order valence-corrected chi connectivity index (χ4v) is 2.94. The van der Waals surface area contributed by atoms with Gasteiger partial charge in [-0.25, -0.2) is 14.5 Å². The largest absolute Gasteiger partial charge is 0.461 e. The molecule has 0 aliphatic heterocycles. The van der Waals surface area contributed by atoms with E-state index in [4.69, 9.17) is 10.2 Å². The van der Waals surface area contributed by atoms with Crippen molar-refractivity contribution in [2.24, 2.45) is 0 Å². The second-order valence-corrected chi connectivity index (χ2v) is 7.09. The van der Waals surface area contributed by atoms with Gasteiger partial charge in [0, 0.05) is 25.3 Å². The fourth-order valence-electron chi connectivity index (χ4n) is 2.94. The van der Waals surface area contributed by atoms with Crippen molar-refractivity contribution in [2.75, 3.05) is 24.7 Å². The van der Waals surface area contributed by atoms with Gasteiger partial charge < -0.3 is 20.2 Å². The lowest BCUT2D eigenvalue weighted by molar-refractivity contribution is -0.240. The van der Waals surface area contributed by atoms with Crippen LogP contribution in [0.1, 0.15) is 11.3 Å². The average molecular weight is 442 g/mol. The summed E-state index contributed by atoms with van der Waals surface area (Å²) in [6.07, 6.45) is -2.35. The molecule has 1 aromatic carbocycles. The zero-order valence-electron chi connectivity index (χ0n) is 16.9. The minimum atomic E-state index is -5.06. The van der Waals surface area contributed by atoms with E-state index >= 15 is 0 Å². The maximum absolute atomic E-state index is 13.8. The second kappa shape index (κ2) is 7.58. The van der Waals surface area contributed by atoms with E-state index in [9.17, 15) is 18.3 Å². The zero-order valence-corrected chi connectivity index (χ0v) is 16.9. The van der Waals surface area contributed by atoms with Gasteiger partial charge in [0.05, 0.1) is 12.5 Å². The van der Waals surface area contributed by atoms with Crippen molar-refractivity contribution in [3.8, 4) is 23.4 Å². The molecule has 0 spiro atoms. The molecule has 3 heterocycles. The van der Waals surface area contributed by atoms with Crippen LogP contribution in [0.2, 0.25) is 0 Å². The molecular formula is C21H17F3N6O2. The number of nitrogen functional groups attached to an aromatic ring is 1. The third-order valence-corrected chi connectivity index (χ3v) is 4.67. The summed E-state index contributed by atoms with van der Waals surface area (Å²) in [7, 11) is 3.50. The SMILES string of the molecule is CN(C)c1ccc(C(O)(C#Cc2cn3nc(-c4ccco4)nc3c(N)n2)C(F)(F)F)cc1. The number of anilines is 2. The third kappa shape index (κ3) is 3.72. The summed E-state index contributed by atoms with van der Waals surface area (Å²) >= 11 is 0. The van der Waals surface area contributed by atoms with E-state index in [2.05, 4.69) is 21.0 Å². The number of nitrogens with zero attached hydrogens (tertiary/aromatic N) is 5. The summed E-state index contributed by atoms with van der Waals surface area (Å²) < 4.78 is 47.9. The summed E-state index contributed by atoms with van der Waals surface area (Å²) in [6, 6.07) is 8.57. The van der Waals surface area contributed by atoms with E-state index in [0.717, 1.165) is 0 Å². The number of aromatic nitrogens is 4. The maximum atomic E-state index is 13.8. The first kappa shape index (κ1) is 21.2. The molecule has 0 amide bonds. The molecule has 0 aliphatic rings. The van der Waals surface area contributed by atoms with Crippen molar-refractivity contribution in [1.29, 1.82) is 0 Å². The molecule has 0 saturated carbocycles. The molecule has 0 saturated heterocycles. The molecule has 164 valence electrons. The van der Waals surface area contributed by atoms with Crippen LogP contribution >= 0.6 is 0 Å². The van der Waals surface area contributed by atoms with Crippen LogP contribution in [0.5, 0.6) is 0 Å². The van der Waals surface area contributed by atoms with Gasteiger partial charge in [-0.2, -0.15) is 13.2 Å². The first-order valence-electron chi connectivity index (χ1n) is 9.25. The average Bonchev–Trinajstić information content (AvgIpc) is 3.41. The van der Waals surface area contributed by atoms with Crippen molar-refractivity contribution < 1.29 is 22.7 Å². The number of aliphatic hydroxyl groups is 1. The first-order chi connectivity index (χ1) is 15.1. The molecule has 0 aliphatic carbocycles. The topological polar surface area (TPSA) is 106 Å². The Hall–Kier alpha value is -4.04. The lowest BCUT2D eigenvalue weighted by Gasteiger charge is -2.26. The predicted molar refractivity (Wildman–Crippen MR) is 110 cm³/mol. The molecule has 4 aromatic rings. The van der Waals surface area contributed by atoms with E-state index in [0.29, 0.717) is 11.4 Å². The molecule has 3 aromatic heterocycles. The molecular weight excluding hydrogens is 425 g/mol. The van der Waals surface area contributed by atoms with Crippen LogP contribution in [0, 0.1) is 11.8 Å². The highest BCUT2D eigenvalue weighted by Crippen LogP contribution is 2.39. The molecule has 4 rings (SSSR count). The highest BCUT2D eigenvalue weighted by Gasteiger charge is 2.54. The number of fused-ring (bicyclic) bond motifs is 1. The smallest absolute Gasteiger partial charge is 0.433 e. The predicted octanol–water partition coefficient (Wildman–Crippen LogP) is 2.83. The van der Waals surface area contributed by atoms with Gasteiger partial charge >= 0.3 is 6.18 Å². The molecule has 0 radical (unpaired) electrons. The Labute approximate surface area is 180 Å². The van der Waals surface area contributed by atoms with E-state index < -0.39 is 17.3 Å². The van der Waals surface area contributed by atoms with Gasteiger partial charge in [0.25, 0.3) is 0 Å². The van der Waals surface area contributed by atoms with E-state index in [-0.39, 0.29) is 23.0 Å². The van der Waals surface area contributed by atoms with Gasteiger partial charge in [-0.3, -0.25) is 0 Å². The molecule has 0 bridgehead atoms. The molecule has 32 heavy (non-hydrogen) atoms. The van der Waals surface area contributed by atoms with Crippen LogP contribution in [0.4, 0.5) is 24.7 Å². The lowest BCUT2D eigenvalue weighted by Crippen LogP contribution is -2.41. The van der Waals surface area contributed by atoms with Crippen molar-refractivity contribution in [3.05, 3.63) is 60.1 Å². The normalized spacial score (nSPS) is 13.4. The Kier molecular flexibility index (Phi) is 5.02. The van der Waals surface area contributed by atoms with Crippen LogP contribution in [0.3, 0.4) is 0 Å². The van der Waals surface area contributed by atoms with Crippen LogP contribution in [0.15, 0.2) is 53.3 Å². The van der Waals surface area contributed by atoms with Crippen molar-refractivity contribution in [2.45, 2.75) is 11.8 Å². The van der Waals surface area contributed by atoms with Gasteiger partial charge in [0.1, 0.15) is 5.69 Å². The third-order valence-electron chi connectivity index (χ3n) is 4.67. The number of hydrogen-bond donors (Lipinski definition) is 2. The van der Waals surface area contributed by atoms with Gasteiger partial charge in [0.15, 0.2) is 17.2 Å². The maximum Gasteiger partial charge on any atom is 0.433 e. The molecule has 8 nitrogen and oxygen atoms in total.